The molecule has 1 aromatic rings. The van der Waals surface area contributed by atoms with Crippen LogP contribution in [-0.4, -0.2) is 17.5 Å². The van der Waals surface area contributed by atoms with Gasteiger partial charge in [0, 0.05) is 24.2 Å². The van der Waals surface area contributed by atoms with Gasteiger partial charge in [-0.1, -0.05) is 37.0 Å². The predicted molar refractivity (Wildman–Crippen MR) is 102 cm³/mol. The Morgan fingerprint density at radius 2 is 1.60 bits per heavy atom. The number of carbonyl (C=O) groups excluding carboxylic acids is 2. The molecule has 1 aliphatic rings. The van der Waals surface area contributed by atoms with Crippen molar-refractivity contribution in [1.82, 2.24) is 5.43 Å². The predicted octanol–water partition coefficient (Wildman–Crippen LogP) is 4.24. The minimum atomic E-state index is -0.203. The van der Waals surface area contributed by atoms with E-state index in [0.717, 1.165) is 48.2 Å². The molecule has 0 bridgehead atoms. The molecule has 1 aromatic carbocycles. The fourth-order valence-electron chi connectivity index (χ4n) is 3.02. The number of rotatable bonds is 5. The number of hydrogen-bond donors (Lipinski definition) is 2. The van der Waals surface area contributed by atoms with Crippen LogP contribution in [0.15, 0.2) is 23.3 Å². The Morgan fingerprint density at radius 3 is 2.28 bits per heavy atom. The highest BCUT2D eigenvalue weighted by Crippen LogP contribution is 2.16. The number of hydrazone groups is 1. The van der Waals surface area contributed by atoms with Crippen molar-refractivity contribution < 1.29 is 9.59 Å². The topological polar surface area (TPSA) is 70.6 Å². The molecule has 136 valence electrons. The summed E-state index contributed by atoms with van der Waals surface area (Å²) in [6.07, 6.45) is 8.31. The number of carbonyl (C=O) groups is 2. The number of aryl methyl sites for hydroxylation is 2. The summed E-state index contributed by atoms with van der Waals surface area (Å²) in [5.41, 5.74) is 6.66. The highest BCUT2D eigenvalue weighted by molar-refractivity contribution is 5.94. The second kappa shape index (κ2) is 9.97. The van der Waals surface area contributed by atoms with Gasteiger partial charge in [0.15, 0.2) is 0 Å². The minimum absolute atomic E-state index is 0.146. The molecule has 1 aliphatic carbocycles. The van der Waals surface area contributed by atoms with E-state index in [2.05, 4.69) is 15.8 Å². The zero-order valence-electron chi connectivity index (χ0n) is 15.4. The molecule has 0 saturated heterocycles. The van der Waals surface area contributed by atoms with Gasteiger partial charge < -0.3 is 5.32 Å². The molecule has 0 atom stereocenters. The van der Waals surface area contributed by atoms with Crippen molar-refractivity contribution in [3.8, 4) is 0 Å². The SMILES string of the molecule is Cc1ccc(NC(=O)CCC(=O)NN=C2CCCCCCC2)c(C)c1. The van der Waals surface area contributed by atoms with Gasteiger partial charge in [-0.05, 0) is 51.2 Å². The Labute approximate surface area is 150 Å². The first kappa shape index (κ1) is 19.2. The molecule has 2 rings (SSSR count). The van der Waals surface area contributed by atoms with E-state index in [1.165, 1.54) is 19.3 Å². The zero-order valence-corrected chi connectivity index (χ0v) is 15.4. The summed E-state index contributed by atoms with van der Waals surface area (Å²) >= 11 is 0. The fourth-order valence-corrected chi connectivity index (χ4v) is 3.02. The molecule has 0 unspecified atom stereocenters. The molecule has 25 heavy (non-hydrogen) atoms. The molecule has 0 spiro atoms. The van der Waals surface area contributed by atoms with Gasteiger partial charge in [0.1, 0.15) is 0 Å². The summed E-state index contributed by atoms with van der Waals surface area (Å²) in [6, 6.07) is 5.87. The molecule has 5 nitrogen and oxygen atoms in total. The first-order chi connectivity index (χ1) is 12.0. The maximum atomic E-state index is 12.0. The van der Waals surface area contributed by atoms with Crippen LogP contribution < -0.4 is 10.7 Å². The van der Waals surface area contributed by atoms with Gasteiger partial charge in [0.2, 0.25) is 11.8 Å². The fraction of sp³-hybridized carbons (Fsp3) is 0.550. The van der Waals surface area contributed by atoms with Gasteiger partial charge in [-0.15, -0.1) is 0 Å². The molecule has 0 aliphatic heterocycles. The monoisotopic (exact) mass is 343 g/mol. The second-order valence-corrected chi connectivity index (χ2v) is 6.85. The lowest BCUT2D eigenvalue weighted by molar-refractivity contribution is -0.124. The Morgan fingerprint density at radius 1 is 0.960 bits per heavy atom. The highest BCUT2D eigenvalue weighted by Gasteiger charge is 2.09. The van der Waals surface area contributed by atoms with Gasteiger partial charge in [-0.25, -0.2) is 5.43 Å². The highest BCUT2D eigenvalue weighted by atomic mass is 16.2. The third-order valence-electron chi connectivity index (χ3n) is 4.50. The van der Waals surface area contributed by atoms with Crippen molar-refractivity contribution >= 4 is 23.2 Å². The standard InChI is InChI=1S/C20H29N3O2/c1-15-10-11-18(16(2)14-15)21-19(24)12-13-20(25)23-22-17-8-6-4-3-5-7-9-17/h10-11,14H,3-9,12-13H2,1-2H3,(H,21,24)(H,23,25). The molecule has 5 heteroatoms. The maximum absolute atomic E-state index is 12.0. The average Bonchev–Trinajstić information content (AvgIpc) is 2.54. The lowest BCUT2D eigenvalue weighted by Crippen LogP contribution is -2.22. The summed E-state index contributed by atoms with van der Waals surface area (Å²) in [4.78, 5) is 23.9. The van der Waals surface area contributed by atoms with E-state index in [4.69, 9.17) is 0 Å². The second-order valence-electron chi connectivity index (χ2n) is 6.85. The number of nitrogens with one attached hydrogen (secondary N) is 2. The van der Waals surface area contributed by atoms with E-state index in [-0.39, 0.29) is 24.7 Å². The van der Waals surface area contributed by atoms with Crippen molar-refractivity contribution in [3.05, 3.63) is 29.3 Å². The molecular formula is C20H29N3O2. The van der Waals surface area contributed by atoms with Gasteiger partial charge >= 0.3 is 0 Å². The van der Waals surface area contributed by atoms with Crippen LogP contribution >= 0.6 is 0 Å². The van der Waals surface area contributed by atoms with Gasteiger partial charge in [-0.2, -0.15) is 5.10 Å². The Bertz CT molecular complexity index is 628. The van der Waals surface area contributed by atoms with Crippen molar-refractivity contribution in [1.29, 1.82) is 0 Å². The molecule has 0 aromatic heterocycles. The summed E-state index contributed by atoms with van der Waals surface area (Å²) < 4.78 is 0. The van der Waals surface area contributed by atoms with Crippen LogP contribution in [0, 0.1) is 13.8 Å². The Kier molecular flexibility index (Phi) is 7.64. The van der Waals surface area contributed by atoms with Crippen LogP contribution in [0.25, 0.3) is 0 Å². The first-order valence-corrected chi connectivity index (χ1v) is 9.26. The lowest BCUT2D eigenvalue weighted by atomic mass is 9.99. The van der Waals surface area contributed by atoms with Gasteiger partial charge in [0.25, 0.3) is 0 Å². The first-order valence-electron chi connectivity index (χ1n) is 9.26. The van der Waals surface area contributed by atoms with Crippen LogP contribution in [0.2, 0.25) is 0 Å². The molecule has 0 radical (unpaired) electrons. The smallest absolute Gasteiger partial charge is 0.240 e. The zero-order chi connectivity index (χ0) is 18.1. The summed E-state index contributed by atoms with van der Waals surface area (Å²) in [5.74, 6) is -0.356. The normalized spacial score (nSPS) is 15.0. The average molecular weight is 343 g/mol. The third-order valence-corrected chi connectivity index (χ3v) is 4.50. The van der Waals surface area contributed by atoms with E-state index < -0.39 is 0 Å². The Balaban J connectivity index is 1.74. The molecule has 1 fully saturated rings. The van der Waals surface area contributed by atoms with E-state index in [9.17, 15) is 9.59 Å². The van der Waals surface area contributed by atoms with Crippen LogP contribution in [0.4, 0.5) is 5.69 Å². The number of anilines is 1. The van der Waals surface area contributed by atoms with E-state index in [0.29, 0.717) is 0 Å². The quantitative estimate of drug-likeness (QED) is 0.785. The Hall–Kier alpha value is -2.17. The lowest BCUT2D eigenvalue weighted by Gasteiger charge is -2.11. The van der Waals surface area contributed by atoms with Crippen molar-refractivity contribution in [2.24, 2.45) is 5.10 Å². The van der Waals surface area contributed by atoms with Crippen LogP contribution in [0.1, 0.15) is 68.9 Å². The van der Waals surface area contributed by atoms with Crippen LogP contribution in [0.5, 0.6) is 0 Å². The number of benzene rings is 1. The van der Waals surface area contributed by atoms with E-state index >= 15 is 0 Å². The van der Waals surface area contributed by atoms with Crippen LogP contribution in [0.3, 0.4) is 0 Å². The maximum Gasteiger partial charge on any atom is 0.240 e. The largest absolute Gasteiger partial charge is 0.326 e. The van der Waals surface area contributed by atoms with Crippen molar-refractivity contribution in [2.75, 3.05) is 5.32 Å². The minimum Gasteiger partial charge on any atom is -0.326 e. The van der Waals surface area contributed by atoms with E-state index in [1.807, 2.05) is 32.0 Å². The number of nitrogens with zero attached hydrogens (tertiary/aromatic N) is 1. The number of amides is 2. The number of hydrogen-bond acceptors (Lipinski definition) is 3. The van der Waals surface area contributed by atoms with Gasteiger partial charge in [-0.3, -0.25) is 9.59 Å². The summed E-state index contributed by atoms with van der Waals surface area (Å²) in [6.45, 7) is 3.97. The summed E-state index contributed by atoms with van der Waals surface area (Å²) in [5, 5.41) is 7.11. The van der Waals surface area contributed by atoms with Crippen molar-refractivity contribution in [3.63, 3.8) is 0 Å². The van der Waals surface area contributed by atoms with Crippen LogP contribution in [-0.2, 0) is 9.59 Å². The van der Waals surface area contributed by atoms with Crippen molar-refractivity contribution in [2.45, 2.75) is 71.6 Å². The summed E-state index contributed by atoms with van der Waals surface area (Å²) in [7, 11) is 0. The third kappa shape index (κ3) is 7.08. The molecule has 1 saturated carbocycles. The molecule has 2 amide bonds. The molecule has 2 N–H and O–H groups in total. The van der Waals surface area contributed by atoms with E-state index in [1.54, 1.807) is 0 Å². The van der Waals surface area contributed by atoms with Gasteiger partial charge in [0.05, 0.1) is 0 Å². The molecular weight excluding hydrogens is 314 g/mol. The molecule has 0 heterocycles.